The minimum absolute atomic E-state index is 0.380. The van der Waals surface area contributed by atoms with E-state index in [0.717, 1.165) is 22.4 Å². The molecule has 4 heteroatoms. The predicted molar refractivity (Wildman–Crippen MR) is 73.8 cm³/mol. The molecule has 17 heavy (non-hydrogen) atoms. The molecule has 0 spiro atoms. The maximum atomic E-state index is 5.41. The second-order valence-corrected chi connectivity index (χ2v) is 5.49. The molecule has 0 aliphatic heterocycles. The van der Waals surface area contributed by atoms with Gasteiger partial charge in [-0.15, -0.1) is 0 Å². The molecule has 2 aromatic heterocycles. The first-order valence-corrected chi connectivity index (χ1v) is 6.47. The van der Waals surface area contributed by atoms with Crippen LogP contribution in [0.25, 0.3) is 11.2 Å². The Morgan fingerprint density at radius 2 is 2.12 bits per heavy atom. The first kappa shape index (κ1) is 12.3. The fourth-order valence-electron chi connectivity index (χ4n) is 2.34. The van der Waals surface area contributed by atoms with Gasteiger partial charge in [-0.1, -0.05) is 13.8 Å². The second kappa shape index (κ2) is 4.61. The number of hydrogen-bond acceptors (Lipinski definition) is 2. The Balaban J connectivity index is 2.57. The Morgan fingerprint density at radius 3 is 2.76 bits per heavy atom. The SMILES string of the molecule is Cc1ccnc2c1[nH]c(=S)n2C(C)CC(C)C. The monoisotopic (exact) mass is 249 g/mol. The predicted octanol–water partition coefficient (Wildman–Crippen LogP) is 4.01. The molecule has 0 amide bonds. The van der Waals surface area contributed by atoms with Crippen LogP contribution in [0.4, 0.5) is 0 Å². The number of hydrogen-bond donors (Lipinski definition) is 1. The molecular formula is C13H19N3S. The van der Waals surface area contributed by atoms with Gasteiger partial charge in [0.15, 0.2) is 10.4 Å². The van der Waals surface area contributed by atoms with Crippen LogP contribution in [0.15, 0.2) is 12.3 Å². The number of pyridine rings is 1. The zero-order valence-electron chi connectivity index (χ0n) is 10.8. The van der Waals surface area contributed by atoms with Crippen molar-refractivity contribution in [2.75, 3.05) is 0 Å². The lowest BCUT2D eigenvalue weighted by molar-refractivity contribution is 0.431. The van der Waals surface area contributed by atoms with Gasteiger partial charge in [0, 0.05) is 12.2 Å². The van der Waals surface area contributed by atoms with Gasteiger partial charge in [-0.05, 0) is 50.0 Å². The fourth-order valence-corrected chi connectivity index (χ4v) is 2.71. The van der Waals surface area contributed by atoms with E-state index in [1.54, 1.807) is 0 Å². The van der Waals surface area contributed by atoms with E-state index in [2.05, 4.69) is 42.2 Å². The molecule has 0 saturated carbocycles. The molecule has 1 unspecified atom stereocenters. The molecule has 0 saturated heterocycles. The van der Waals surface area contributed by atoms with Crippen LogP contribution in [0.1, 0.15) is 38.8 Å². The molecule has 2 heterocycles. The van der Waals surface area contributed by atoms with E-state index in [0.29, 0.717) is 12.0 Å². The largest absolute Gasteiger partial charge is 0.329 e. The van der Waals surface area contributed by atoms with E-state index in [9.17, 15) is 0 Å². The molecule has 92 valence electrons. The number of H-pyrrole nitrogens is 1. The van der Waals surface area contributed by atoms with Gasteiger partial charge in [0.25, 0.3) is 0 Å². The molecule has 0 radical (unpaired) electrons. The number of aromatic nitrogens is 3. The third-order valence-electron chi connectivity index (χ3n) is 3.07. The van der Waals surface area contributed by atoms with Crippen molar-refractivity contribution >= 4 is 23.4 Å². The van der Waals surface area contributed by atoms with Gasteiger partial charge in [0.1, 0.15) is 0 Å². The number of fused-ring (bicyclic) bond motifs is 1. The molecule has 0 bridgehead atoms. The first-order valence-electron chi connectivity index (χ1n) is 6.06. The van der Waals surface area contributed by atoms with Crippen LogP contribution in [0.5, 0.6) is 0 Å². The zero-order chi connectivity index (χ0) is 12.6. The van der Waals surface area contributed by atoms with Crippen LogP contribution < -0.4 is 0 Å². The Morgan fingerprint density at radius 1 is 1.41 bits per heavy atom. The summed E-state index contributed by atoms with van der Waals surface area (Å²) in [7, 11) is 0. The second-order valence-electron chi connectivity index (χ2n) is 5.11. The number of nitrogens with zero attached hydrogens (tertiary/aromatic N) is 2. The quantitative estimate of drug-likeness (QED) is 0.834. The van der Waals surface area contributed by atoms with E-state index in [1.807, 2.05) is 12.3 Å². The van der Waals surface area contributed by atoms with Gasteiger partial charge >= 0.3 is 0 Å². The van der Waals surface area contributed by atoms with Crippen molar-refractivity contribution in [2.24, 2.45) is 5.92 Å². The van der Waals surface area contributed by atoms with Gasteiger partial charge in [-0.3, -0.25) is 4.57 Å². The zero-order valence-corrected chi connectivity index (χ0v) is 11.6. The first-order chi connectivity index (χ1) is 8.00. The lowest BCUT2D eigenvalue weighted by atomic mass is 10.1. The molecule has 2 aromatic rings. The molecule has 0 aromatic carbocycles. The third-order valence-corrected chi connectivity index (χ3v) is 3.37. The van der Waals surface area contributed by atoms with Gasteiger partial charge in [-0.2, -0.15) is 0 Å². The minimum Gasteiger partial charge on any atom is -0.329 e. The smallest absolute Gasteiger partial charge is 0.179 e. The molecular weight excluding hydrogens is 230 g/mol. The van der Waals surface area contributed by atoms with Crippen LogP contribution in [0, 0.1) is 17.6 Å². The average Bonchev–Trinajstić information content (AvgIpc) is 2.55. The summed E-state index contributed by atoms with van der Waals surface area (Å²) in [4.78, 5) is 7.72. The molecule has 0 aliphatic carbocycles. The van der Waals surface area contributed by atoms with Crippen molar-refractivity contribution in [1.82, 2.24) is 14.5 Å². The van der Waals surface area contributed by atoms with Crippen molar-refractivity contribution in [3.63, 3.8) is 0 Å². The number of imidazole rings is 1. The summed E-state index contributed by atoms with van der Waals surface area (Å²) in [6.07, 6.45) is 2.95. The summed E-state index contributed by atoms with van der Waals surface area (Å²) in [5.41, 5.74) is 3.23. The van der Waals surface area contributed by atoms with Crippen molar-refractivity contribution in [3.05, 3.63) is 22.6 Å². The van der Waals surface area contributed by atoms with Crippen molar-refractivity contribution in [3.8, 4) is 0 Å². The molecule has 3 nitrogen and oxygen atoms in total. The number of aryl methyl sites for hydroxylation is 1. The third kappa shape index (κ3) is 2.27. The molecule has 0 aliphatic rings. The summed E-state index contributed by atoms with van der Waals surface area (Å²) in [5.74, 6) is 0.654. The maximum absolute atomic E-state index is 5.41. The molecule has 2 rings (SSSR count). The van der Waals surface area contributed by atoms with Gasteiger partial charge in [-0.25, -0.2) is 4.98 Å². The maximum Gasteiger partial charge on any atom is 0.179 e. The summed E-state index contributed by atoms with van der Waals surface area (Å²) in [5, 5.41) is 0. The van der Waals surface area contributed by atoms with E-state index in [-0.39, 0.29) is 0 Å². The molecule has 1 atom stereocenters. The highest BCUT2D eigenvalue weighted by Crippen LogP contribution is 2.23. The van der Waals surface area contributed by atoms with Crippen LogP contribution in [0.2, 0.25) is 0 Å². The Labute approximate surface area is 107 Å². The van der Waals surface area contributed by atoms with Crippen molar-refractivity contribution in [2.45, 2.75) is 40.2 Å². The Bertz CT molecular complexity index is 580. The van der Waals surface area contributed by atoms with E-state index < -0.39 is 0 Å². The highest BCUT2D eigenvalue weighted by Gasteiger charge is 2.14. The summed E-state index contributed by atoms with van der Waals surface area (Å²) >= 11 is 5.41. The molecule has 1 N–H and O–H groups in total. The van der Waals surface area contributed by atoms with Crippen LogP contribution in [-0.4, -0.2) is 14.5 Å². The fraction of sp³-hybridized carbons (Fsp3) is 0.538. The standard InChI is InChI=1S/C13H19N3S/c1-8(2)7-10(4)16-12-11(15-13(16)17)9(3)5-6-14-12/h5-6,8,10H,7H2,1-4H3,(H,15,17). The van der Waals surface area contributed by atoms with Gasteiger partial charge < -0.3 is 4.98 Å². The molecule has 0 fully saturated rings. The van der Waals surface area contributed by atoms with Crippen LogP contribution in [-0.2, 0) is 0 Å². The van der Waals surface area contributed by atoms with E-state index in [4.69, 9.17) is 12.2 Å². The Hall–Kier alpha value is -1.16. The number of aromatic amines is 1. The summed E-state index contributed by atoms with van der Waals surface area (Å²) < 4.78 is 2.91. The van der Waals surface area contributed by atoms with Gasteiger partial charge in [0.2, 0.25) is 0 Å². The van der Waals surface area contributed by atoms with Gasteiger partial charge in [0.05, 0.1) is 5.52 Å². The summed E-state index contributed by atoms with van der Waals surface area (Å²) in [6, 6.07) is 2.39. The van der Waals surface area contributed by atoms with E-state index >= 15 is 0 Å². The Kier molecular flexibility index (Phi) is 3.33. The average molecular weight is 249 g/mol. The van der Waals surface area contributed by atoms with E-state index in [1.165, 1.54) is 5.56 Å². The highest BCUT2D eigenvalue weighted by atomic mass is 32.1. The lowest BCUT2D eigenvalue weighted by Crippen LogP contribution is -2.08. The lowest BCUT2D eigenvalue weighted by Gasteiger charge is -2.16. The number of nitrogens with one attached hydrogen (secondary N) is 1. The normalized spacial score (nSPS) is 13.5. The summed E-state index contributed by atoms with van der Waals surface area (Å²) in [6.45, 7) is 8.74. The number of rotatable bonds is 3. The van der Waals surface area contributed by atoms with Crippen molar-refractivity contribution < 1.29 is 0 Å². The van der Waals surface area contributed by atoms with Crippen LogP contribution >= 0.6 is 12.2 Å². The topological polar surface area (TPSA) is 33.6 Å². The van der Waals surface area contributed by atoms with Crippen molar-refractivity contribution in [1.29, 1.82) is 0 Å². The van der Waals surface area contributed by atoms with Crippen LogP contribution in [0.3, 0.4) is 0 Å². The highest BCUT2D eigenvalue weighted by molar-refractivity contribution is 7.71. The minimum atomic E-state index is 0.380.